The van der Waals surface area contributed by atoms with E-state index in [-0.39, 0.29) is 11.6 Å². The first-order valence-corrected chi connectivity index (χ1v) is 6.24. The first-order chi connectivity index (χ1) is 8.45. The van der Waals surface area contributed by atoms with Crippen LogP contribution < -0.4 is 5.32 Å². The summed E-state index contributed by atoms with van der Waals surface area (Å²) in [6, 6.07) is -1.16. The van der Waals surface area contributed by atoms with Crippen LogP contribution in [-0.4, -0.2) is 54.4 Å². The molecule has 1 saturated carbocycles. The number of hydrogen-bond acceptors (Lipinski definition) is 3. The molecule has 0 aliphatic heterocycles. The number of nitrogens with one attached hydrogen (secondary N) is 1. The molecule has 1 aliphatic rings. The highest BCUT2D eigenvalue weighted by Gasteiger charge is 2.37. The van der Waals surface area contributed by atoms with Gasteiger partial charge in [-0.2, -0.15) is 0 Å². The maximum absolute atomic E-state index is 11.8. The number of methoxy groups -OCH3 is 1. The molecular weight excluding hydrogens is 236 g/mol. The first-order valence-electron chi connectivity index (χ1n) is 6.24. The zero-order chi connectivity index (χ0) is 13.8. The third kappa shape index (κ3) is 3.13. The summed E-state index contributed by atoms with van der Waals surface area (Å²) in [6.45, 7) is 2.17. The van der Waals surface area contributed by atoms with E-state index in [0.29, 0.717) is 13.0 Å². The van der Waals surface area contributed by atoms with Crippen LogP contribution in [0.3, 0.4) is 0 Å². The Kier molecular flexibility index (Phi) is 4.95. The molecule has 2 N–H and O–H groups in total. The molecule has 6 nitrogen and oxygen atoms in total. The second-order valence-electron chi connectivity index (χ2n) is 4.77. The minimum atomic E-state index is -0.986. The number of carbonyl (C=O) groups excluding carboxylic acids is 1. The summed E-state index contributed by atoms with van der Waals surface area (Å²) in [5.74, 6) is -0.986. The number of aliphatic carboxylic acids is 1. The minimum Gasteiger partial charge on any atom is -0.480 e. The lowest BCUT2D eigenvalue weighted by molar-refractivity contribution is -0.141. The molecule has 2 amide bonds. The topological polar surface area (TPSA) is 78.9 Å². The molecule has 18 heavy (non-hydrogen) atoms. The Balaban J connectivity index is 2.47. The van der Waals surface area contributed by atoms with Crippen molar-refractivity contribution < 1.29 is 19.4 Å². The van der Waals surface area contributed by atoms with Crippen molar-refractivity contribution in [2.45, 2.75) is 44.2 Å². The van der Waals surface area contributed by atoms with Crippen molar-refractivity contribution >= 4 is 12.0 Å². The number of likely N-dealkylation sites (N-methyl/N-ethyl adjacent to an activating group) is 1. The van der Waals surface area contributed by atoms with Crippen molar-refractivity contribution in [3.8, 4) is 0 Å². The van der Waals surface area contributed by atoms with Crippen molar-refractivity contribution in [3.63, 3.8) is 0 Å². The van der Waals surface area contributed by atoms with Crippen molar-refractivity contribution in [3.05, 3.63) is 0 Å². The molecule has 0 saturated heterocycles. The highest BCUT2D eigenvalue weighted by molar-refractivity contribution is 5.82. The average Bonchev–Trinajstić information content (AvgIpc) is 2.28. The highest BCUT2D eigenvalue weighted by Crippen LogP contribution is 2.34. The monoisotopic (exact) mass is 258 g/mol. The van der Waals surface area contributed by atoms with Gasteiger partial charge < -0.3 is 20.1 Å². The molecule has 0 aromatic carbocycles. The second-order valence-corrected chi connectivity index (χ2v) is 4.77. The standard InChI is InChI=1S/C12H22N2O4/c1-4-9(10(15)16)14(2)11(17)13-8-12(18-3)6-5-7-12/h9H,4-8H2,1-3H3,(H,13,17)(H,15,16). The zero-order valence-corrected chi connectivity index (χ0v) is 11.2. The van der Waals surface area contributed by atoms with Gasteiger partial charge in [0.05, 0.1) is 5.60 Å². The highest BCUT2D eigenvalue weighted by atomic mass is 16.5. The van der Waals surface area contributed by atoms with Gasteiger partial charge in [0.2, 0.25) is 0 Å². The third-order valence-corrected chi connectivity index (χ3v) is 3.72. The number of rotatable bonds is 6. The molecular formula is C12H22N2O4. The second kappa shape index (κ2) is 6.04. The summed E-state index contributed by atoms with van der Waals surface area (Å²) in [5.41, 5.74) is -0.249. The minimum absolute atomic E-state index is 0.249. The lowest BCUT2D eigenvalue weighted by atomic mass is 9.80. The first kappa shape index (κ1) is 14.8. The van der Waals surface area contributed by atoms with E-state index in [9.17, 15) is 9.59 Å². The fourth-order valence-corrected chi connectivity index (χ4v) is 2.14. The Morgan fingerprint density at radius 3 is 2.44 bits per heavy atom. The van der Waals surface area contributed by atoms with Crippen LogP contribution >= 0.6 is 0 Å². The summed E-state index contributed by atoms with van der Waals surface area (Å²) in [7, 11) is 3.14. The smallest absolute Gasteiger partial charge is 0.326 e. The van der Waals surface area contributed by atoms with Crippen LogP contribution in [-0.2, 0) is 9.53 Å². The SMILES string of the molecule is CCC(C(=O)O)N(C)C(=O)NCC1(OC)CCC1. The molecule has 0 aromatic rings. The Hall–Kier alpha value is -1.30. The Morgan fingerprint density at radius 1 is 1.50 bits per heavy atom. The van der Waals surface area contributed by atoms with E-state index in [4.69, 9.17) is 9.84 Å². The number of nitrogens with zero attached hydrogens (tertiary/aromatic N) is 1. The van der Waals surface area contributed by atoms with Crippen molar-refractivity contribution in [2.75, 3.05) is 20.7 Å². The van der Waals surface area contributed by atoms with E-state index >= 15 is 0 Å². The molecule has 104 valence electrons. The van der Waals surface area contributed by atoms with Gasteiger partial charge in [0.25, 0.3) is 0 Å². The number of urea groups is 1. The summed E-state index contributed by atoms with van der Waals surface area (Å²) < 4.78 is 5.39. The van der Waals surface area contributed by atoms with Crippen LogP contribution in [0.2, 0.25) is 0 Å². The van der Waals surface area contributed by atoms with Crippen LogP contribution in [0, 0.1) is 0 Å². The van der Waals surface area contributed by atoms with Gasteiger partial charge in [0.1, 0.15) is 6.04 Å². The quantitative estimate of drug-likeness (QED) is 0.746. The summed E-state index contributed by atoms with van der Waals surface area (Å²) in [5, 5.41) is 11.7. The number of carboxylic acids is 1. The van der Waals surface area contributed by atoms with Gasteiger partial charge in [-0.3, -0.25) is 0 Å². The van der Waals surface area contributed by atoms with Gasteiger partial charge >= 0.3 is 12.0 Å². The zero-order valence-electron chi connectivity index (χ0n) is 11.2. The van der Waals surface area contributed by atoms with Crippen LogP contribution in [0.1, 0.15) is 32.6 Å². The predicted molar refractivity (Wildman–Crippen MR) is 66.5 cm³/mol. The molecule has 0 spiro atoms. The molecule has 6 heteroatoms. The predicted octanol–water partition coefficient (Wildman–Crippen LogP) is 1.06. The van der Waals surface area contributed by atoms with Crippen LogP contribution in [0.4, 0.5) is 4.79 Å². The molecule has 1 aliphatic carbocycles. The molecule has 0 bridgehead atoms. The fourth-order valence-electron chi connectivity index (χ4n) is 2.14. The van der Waals surface area contributed by atoms with E-state index in [0.717, 1.165) is 19.3 Å². The number of carboxylic acid groups (broad SMARTS) is 1. The van der Waals surface area contributed by atoms with Gasteiger partial charge in [0, 0.05) is 20.7 Å². The molecule has 0 radical (unpaired) electrons. The Labute approximate surface area is 107 Å². The maximum Gasteiger partial charge on any atom is 0.326 e. The fraction of sp³-hybridized carbons (Fsp3) is 0.833. The van der Waals surface area contributed by atoms with Gasteiger partial charge in [-0.05, 0) is 25.7 Å². The van der Waals surface area contributed by atoms with Gasteiger partial charge in [-0.25, -0.2) is 9.59 Å². The van der Waals surface area contributed by atoms with E-state index in [1.165, 1.54) is 11.9 Å². The lowest BCUT2D eigenvalue weighted by Crippen LogP contribution is -2.53. The Bertz CT molecular complexity index is 310. The number of hydrogen-bond donors (Lipinski definition) is 2. The van der Waals surface area contributed by atoms with Gasteiger partial charge in [-0.15, -0.1) is 0 Å². The maximum atomic E-state index is 11.8. The van der Waals surface area contributed by atoms with Gasteiger partial charge in [0.15, 0.2) is 0 Å². The molecule has 1 rings (SSSR count). The molecule has 1 atom stereocenters. The number of amides is 2. The molecule has 1 unspecified atom stereocenters. The van der Waals surface area contributed by atoms with Crippen molar-refractivity contribution in [2.24, 2.45) is 0 Å². The summed E-state index contributed by atoms with van der Waals surface area (Å²) in [4.78, 5) is 24.0. The largest absolute Gasteiger partial charge is 0.480 e. The Morgan fingerprint density at radius 2 is 2.11 bits per heavy atom. The average molecular weight is 258 g/mol. The molecule has 1 fully saturated rings. The normalized spacial score (nSPS) is 18.6. The van der Waals surface area contributed by atoms with E-state index in [1.54, 1.807) is 14.0 Å². The number of carbonyl (C=O) groups is 2. The van der Waals surface area contributed by atoms with Crippen LogP contribution in [0.5, 0.6) is 0 Å². The van der Waals surface area contributed by atoms with E-state index < -0.39 is 12.0 Å². The van der Waals surface area contributed by atoms with Gasteiger partial charge in [-0.1, -0.05) is 6.92 Å². The lowest BCUT2D eigenvalue weighted by Gasteiger charge is -2.40. The van der Waals surface area contributed by atoms with Crippen molar-refractivity contribution in [1.29, 1.82) is 0 Å². The van der Waals surface area contributed by atoms with Crippen molar-refractivity contribution in [1.82, 2.24) is 10.2 Å². The van der Waals surface area contributed by atoms with Crippen LogP contribution in [0.15, 0.2) is 0 Å². The van der Waals surface area contributed by atoms with Crippen LogP contribution in [0.25, 0.3) is 0 Å². The molecule has 0 aromatic heterocycles. The van der Waals surface area contributed by atoms with E-state index in [1.807, 2.05) is 0 Å². The number of ether oxygens (including phenoxy) is 1. The summed E-state index contributed by atoms with van der Waals surface area (Å²) >= 11 is 0. The summed E-state index contributed by atoms with van der Waals surface area (Å²) in [6.07, 6.45) is 3.36. The third-order valence-electron chi connectivity index (χ3n) is 3.72. The molecule has 0 heterocycles. The van der Waals surface area contributed by atoms with E-state index in [2.05, 4.69) is 5.32 Å².